The van der Waals surface area contributed by atoms with Crippen molar-refractivity contribution in [3.8, 4) is 0 Å². The summed E-state index contributed by atoms with van der Waals surface area (Å²) in [5.41, 5.74) is 1.28. The highest BCUT2D eigenvalue weighted by Gasteiger charge is 2.67. The molecule has 0 unspecified atom stereocenters. The number of nitrogens with one attached hydrogen (secondary N) is 2. The summed E-state index contributed by atoms with van der Waals surface area (Å²) in [5.74, 6) is -0.143. The fourth-order valence-corrected chi connectivity index (χ4v) is 3.32. The molecule has 2 atom stereocenters. The van der Waals surface area contributed by atoms with Crippen molar-refractivity contribution in [2.75, 3.05) is 5.32 Å². The Kier molecular flexibility index (Phi) is 2.08. The molecular weight excluding hydrogens is 240 g/mol. The summed E-state index contributed by atoms with van der Waals surface area (Å²) >= 11 is 0. The predicted molar refractivity (Wildman–Crippen MR) is 70.6 cm³/mol. The van der Waals surface area contributed by atoms with Gasteiger partial charge in [0.15, 0.2) is 0 Å². The molecule has 0 saturated heterocycles. The summed E-state index contributed by atoms with van der Waals surface area (Å²) in [5, 5.41) is 5.96. The van der Waals surface area contributed by atoms with E-state index < -0.39 is 5.41 Å². The molecule has 0 aromatic heterocycles. The molecule has 1 heterocycles. The molecule has 4 heteroatoms. The molecule has 2 N–H and O–H groups in total. The van der Waals surface area contributed by atoms with Crippen molar-refractivity contribution in [2.24, 2.45) is 5.92 Å². The van der Waals surface area contributed by atoms with Gasteiger partial charge in [0.05, 0.1) is 11.3 Å². The fourth-order valence-electron chi connectivity index (χ4n) is 3.32. The number of rotatable bonds is 2. The molecule has 4 rings (SSSR count). The second-order valence-corrected chi connectivity index (χ2v) is 5.86. The zero-order chi connectivity index (χ0) is 13.0. The van der Waals surface area contributed by atoms with Crippen LogP contribution in [0, 0.1) is 5.92 Å². The lowest BCUT2D eigenvalue weighted by atomic mass is 9.91. The first-order valence-corrected chi connectivity index (χ1v) is 6.93. The maximum Gasteiger partial charge on any atom is 0.235 e. The van der Waals surface area contributed by atoms with Crippen molar-refractivity contribution >= 4 is 17.5 Å². The van der Waals surface area contributed by atoms with Crippen molar-refractivity contribution < 1.29 is 9.59 Å². The molecule has 1 aromatic carbocycles. The van der Waals surface area contributed by atoms with Gasteiger partial charge in [-0.05, 0) is 37.3 Å². The van der Waals surface area contributed by atoms with Gasteiger partial charge < -0.3 is 10.6 Å². The first kappa shape index (κ1) is 11.0. The average Bonchev–Trinajstić information content (AvgIpc) is 3.04. The van der Waals surface area contributed by atoms with Crippen molar-refractivity contribution in [2.45, 2.75) is 37.1 Å². The molecule has 1 aromatic rings. The summed E-state index contributed by atoms with van der Waals surface area (Å²) in [6.45, 7) is 0. The van der Waals surface area contributed by atoms with E-state index in [-0.39, 0.29) is 17.7 Å². The van der Waals surface area contributed by atoms with E-state index in [1.165, 1.54) is 6.42 Å². The molecule has 2 saturated carbocycles. The van der Waals surface area contributed by atoms with Crippen molar-refractivity contribution in [1.29, 1.82) is 0 Å². The third-order valence-corrected chi connectivity index (χ3v) is 4.79. The van der Waals surface area contributed by atoms with Crippen LogP contribution in [-0.2, 0) is 15.0 Å². The second-order valence-electron chi connectivity index (χ2n) is 5.86. The Labute approximate surface area is 111 Å². The van der Waals surface area contributed by atoms with Crippen molar-refractivity contribution in [3.63, 3.8) is 0 Å². The fraction of sp³-hybridized carbons (Fsp3) is 0.467. The lowest BCUT2D eigenvalue weighted by Gasteiger charge is -2.26. The first-order valence-electron chi connectivity index (χ1n) is 6.93. The van der Waals surface area contributed by atoms with Crippen LogP contribution in [-0.4, -0.2) is 17.9 Å². The molecule has 2 amide bonds. The monoisotopic (exact) mass is 256 g/mol. The summed E-state index contributed by atoms with van der Waals surface area (Å²) < 4.78 is 0. The van der Waals surface area contributed by atoms with E-state index in [2.05, 4.69) is 10.6 Å². The molecule has 2 fully saturated rings. The summed E-state index contributed by atoms with van der Waals surface area (Å²) in [6.07, 6.45) is 4.00. The molecule has 1 aliphatic heterocycles. The third kappa shape index (κ3) is 1.40. The predicted octanol–water partition coefficient (Wildman–Crippen LogP) is 1.57. The maximum atomic E-state index is 12.2. The van der Waals surface area contributed by atoms with Gasteiger partial charge in [0.25, 0.3) is 0 Å². The lowest BCUT2D eigenvalue weighted by Crippen LogP contribution is -2.42. The second kappa shape index (κ2) is 3.59. The maximum absolute atomic E-state index is 12.2. The molecule has 98 valence electrons. The molecule has 2 aliphatic carbocycles. The van der Waals surface area contributed by atoms with Crippen LogP contribution in [0.1, 0.15) is 31.2 Å². The molecule has 0 bridgehead atoms. The van der Waals surface area contributed by atoms with Gasteiger partial charge in [0.2, 0.25) is 11.8 Å². The van der Waals surface area contributed by atoms with Crippen LogP contribution in [0.3, 0.4) is 0 Å². The van der Waals surface area contributed by atoms with Crippen LogP contribution in [0.25, 0.3) is 0 Å². The molecule has 19 heavy (non-hydrogen) atoms. The van der Waals surface area contributed by atoms with Crippen molar-refractivity contribution in [3.05, 3.63) is 29.8 Å². The highest BCUT2D eigenvalue weighted by Crippen LogP contribution is 2.60. The molecule has 0 radical (unpaired) electrons. The summed E-state index contributed by atoms with van der Waals surface area (Å²) in [6, 6.07) is 8.04. The minimum absolute atomic E-state index is 0.0116. The minimum atomic E-state index is -0.579. The number of anilines is 1. The van der Waals surface area contributed by atoms with E-state index in [4.69, 9.17) is 0 Å². The van der Waals surface area contributed by atoms with Gasteiger partial charge >= 0.3 is 0 Å². The zero-order valence-electron chi connectivity index (χ0n) is 10.6. The Morgan fingerprint density at radius 3 is 2.84 bits per heavy atom. The SMILES string of the molecule is O=C(NC1CCC1)[C@@H]1C[C@]12C(=O)Nc1ccccc12. The van der Waals surface area contributed by atoms with Gasteiger partial charge in [0, 0.05) is 11.7 Å². The standard InChI is InChI=1S/C15H16N2O2/c18-13(16-9-4-3-5-9)11-8-15(11)10-6-1-2-7-12(10)17-14(15)19/h1-2,6-7,9,11H,3-5,8H2,(H,16,18)(H,17,19)/t11-,15+/m0/s1. The Hall–Kier alpha value is -1.84. The zero-order valence-corrected chi connectivity index (χ0v) is 10.6. The van der Waals surface area contributed by atoms with E-state index >= 15 is 0 Å². The smallest absolute Gasteiger partial charge is 0.235 e. The topological polar surface area (TPSA) is 58.2 Å². The molecule has 3 aliphatic rings. The molecule has 1 spiro atoms. The van der Waals surface area contributed by atoms with E-state index in [1.54, 1.807) is 0 Å². The number of hydrogen-bond donors (Lipinski definition) is 2. The van der Waals surface area contributed by atoms with Gasteiger partial charge in [0.1, 0.15) is 0 Å². The van der Waals surface area contributed by atoms with Gasteiger partial charge in [-0.2, -0.15) is 0 Å². The van der Waals surface area contributed by atoms with Crippen LogP contribution in [0.2, 0.25) is 0 Å². The number of hydrogen-bond acceptors (Lipinski definition) is 2. The summed E-state index contributed by atoms with van der Waals surface area (Å²) in [7, 11) is 0. The largest absolute Gasteiger partial charge is 0.353 e. The lowest BCUT2D eigenvalue weighted by molar-refractivity contribution is -0.126. The summed E-state index contributed by atoms with van der Waals surface area (Å²) in [4.78, 5) is 24.4. The number of benzene rings is 1. The number of para-hydroxylation sites is 1. The molecular formula is C15H16N2O2. The van der Waals surface area contributed by atoms with E-state index in [0.29, 0.717) is 12.5 Å². The van der Waals surface area contributed by atoms with Gasteiger partial charge in [-0.25, -0.2) is 0 Å². The van der Waals surface area contributed by atoms with Gasteiger partial charge in [-0.3, -0.25) is 9.59 Å². The van der Waals surface area contributed by atoms with Crippen molar-refractivity contribution in [1.82, 2.24) is 5.32 Å². The number of amides is 2. The Morgan fingerprint density at radius 1 is 1.32 bits per heavy atom. The first-order chi connectivity index (χ1) is 9.22. The van der Waals surface area contributed by atoms with Crippen LogP contribution in [0.4, 0.5) is 5.69 Å². The Morgan fingerprint density at radius 2 is 2.11 bits per heavy atom. The molecule has 4 nitrogen and oxygen atoms in total. The third-order valence-electron chi connectivity index (χ3n) is 4.79. The van der Waals surface area contributed by atoms with Gasteiger partial charge in [-0.15, -0.1) is 0 Å². The normalized spacial score (nSPS) is 31.6. The minimum Gasteiger partial charge on any atom is -0.353 e. The highest BCUT2D eigenvalue weighted by atomic mass is 16.2. The number of fused-ring (bicyclic) bond motifs is 2. The van der Waals surface area contributed by atoms with Gasteiger partial charge in [-0.1, -0.05) is 18.2 Å². The average molecular weight is 256 g/mol. The van der Waals surface area contributed by atoms with Crippen LogP contribution < -0.4 is 10.6 Å². The van der Waals surface area contributed by atoms with E-state index in [0.717, 1.165) is 24.1 Å². The Balaban J connectivity index is 1.59. The Bertz CT molecular complexity index is 579. The number of carbonyl (C=O) groups excluding carboxylic acids is 2. The number of carbonyl (C=O) groups is 2. The highest BCUT2D eigenvalue weighted by molar-refractivity contribution is 6.12. The van der Waals surface area contributed by atoms with Crippen LogP contribution in [0.5, 0.6) is 0 Å². The quantitative estimate of drug-likeness (QED) is 0.843. The van der Waals surface area contributed by atoms with E-state index in [1.807, 2.05) is 24.3 Å². The van der Waals surface area contributed by atoms with Crippen LogP contribution in [0.15, 0.2) is 24.3 Å². The van der Waals surface area contributed by atoms with Crippen LogP contribution >= 0.6 is 0 Å². The van der Waals surface area contributed by atoms with E-state index in [9.17, 15) is 9.59 Å².